The average Bonchev–Trinajstić information content (AvgIpc) is 2.92. The summed E-state index contributed by atoms with van der Waals surface area (Å²) in [5.41, 5.74) is 5.38. The fourth-order valence-corrected chi connectivity index (χ4v) is 5.21. The Kier molecular flexibility index (Phi) is 7.57. The van der Waals surface area contributed by atoms with Gasteiger partial charge in [-0.05, 0) is 25.1 Å². The smallest absolute Gasteiger partial charge is 0.252 e. The summed E-state index contributed by atoms with van der Waals surface area (Å²) >= 11 is 6.84. The molecule has 0 radical (unpaired) electrons. The lowest BCUT2D eigenvalue weighted by Crippen LogP contribution is -2.50. The van der Waals surface area contributed by atoms with Crippen molar-refractivity contribution in [3.63, 3.8) is 0 Å². The van der Waals surface area contributed by atoms with Crippen molar-refractivity contribution < 1.29 is 13.2 Å². The lowest BCUT2D eigenvalue weighted by atomic mass is 10.2. The maximum atomic E-state index is 12.4. The predicted octanol–water partition coefficient (Wildman–Crippen LogP) is 1.40. The molecule has 1 aliphatic heterocycles. The molecule has 2 heterocycles. The van der Waals surface area contributed by atoms with Crippen molar-refractivity contribution >= 4 is 51.3 Å². The van der Waals surface area contributed by atoms with Gasteiger partial charge in [0.05, 0.1) is 4.34 Å². The Balaban J connectivity index is 0.00000242. The highest BCUT2D eigenvalue weighted by molar-refractivity contribution is 7.91. The number of hydrogen-bond acceptors (Lipinski definition) is 5. The summed E-state index contributed by atoms with van der Waals surface area (Å²) in [6, 6.07) is 3.09. The number of rotatable bonds is 5. The summed E-state index contributed by atoms with van der Waals surface area (Å²) < 4.78 is 26.9. The number of amides is 1. The van der Waals surface area contributed by atoms with Crippen molar-refractivity contribution in [1.29, 1.82) is 0 Å². The lowest BCUT2D eigenvalue weighted by molar-refractivity contribution is -0.132. The van der Waals surface area contributed by atoms with Crippen LogP contribution in [0.3, 0.4) is 0 Å². The highest BCUT2D eigenvalue weighted by Crippen LogP contribution is 2.28. The topological polar surface area (TPSA) is 83.7 Å². The van der Waals surface area contributed by atoms with Crippen LogP contribution in [0.1, 0.15) is 12.8 Å². The van der Waals surface area contributed by atoms with E-state index in [1.165, 1.54) is 10.4 Å². The molecular weight excluding hydrogens is 369 g/mol. The molecule has 1 fully saturated rings. The van der Waals surface area contributed by atoms with Crippen LogP contribution in [0.5, 0.6) is 0 Å². The number of sulfonamides is 1. The third-order valence-corrected chi connectivity index (χ3v) is 6.93. The molecule has 1 aromatic rings. The largest absolute Gasteiger partial charge is 0.340 e. The second-order valence-electron chi connectivity index (χ2n) is 4.74. The molecule has 0 aromatic carbocycles. The molecule has 0 atom stereocenters. The van der Waals surface area contributed by atoms with Crippen molar-refractivity contribution in [1.82, 2.24) is 9.21 Å². The van der Waals surface area contributed by atoms with Gasteiger partial charge < -0.3 is 10.6 Å². The molecule has 0 bridgehead atoms. The zero-order valence-electron chi connectivity index (χ0n) is 11.9. The van der Waals surface area contributed by atoms with Crippen LogP contribution in [0.4, 0.5) is 0 Å². The number of carbonyl (C=O) groups excluding carboxylic acids is 1. The van der Waals surface area contributed by atoms with E-state index in [1.54, 1.807) is 11.0 Å². The van der Waals surface area contributed by atoms with Crippen LogP contribution >= 0.6 is 35.3 Å². The van der Waals surface area contributed by atoms with Gasteiger partial charge in [-0.15, -0.1) is 23.7 Å². The van der Waals surface area contributed by atoms with Crippen LogP contribution in [0.25, 0.3) is 0 Å². The van der Waals surface area contributed by atoms with Gasteiger partial charge in [0.25, 0.3) is 10.0 Å². The minimum atomic E-state index is -3.50. The normalized spacial score (nSPS) is 16.4. The molecule has 126 valence electrons. The van der Waals surface area contributed by atoms with Gasteiger partial charge in [0.2, 0.25) is 5.91 Å². The molecule has 0 spiro atoms. The minimum absolute atomic E-state index is 0. The maximum Gasteiger partial charge on any atom is 0.252 e. The third kappa shape index (κ3) is 4.56. The zero-order valence-corrected chi connectivity index (χ0v) is 15.1. The standard InChI is InChI=1S/C12H18ClN3O3S2.ClH/c13-10-3-4-12(20-10)21(18,19)16-8-6-15(7-9-16)11(17)2-1-5-14;/h3-4H,1-2,5-9,14H2;1H. The van der Waals surface area contributed by atoms with Gasteiger partial charge >= 0.3 is 0 Å². The van der Waals surface area contributed by atoms with Crippen molar-refractivity contribution in [3.05, 3.63) is 16.5 Å². The highest BCUT2D eigenvalue weighted by atomic mass is 35.5. The quantitative estimate of drug-likeness (QED) is 0.827. The zero-order chi connectivity index (χ0) is 15.5. The second kappa shape index (κ2) is 8.47. The van der Waals surface area contributed by atoms with Crippen LogP contribution in [-0.2, 0) is 14.8 Å². The average molecular weight is 388 g/mol. The van der Waals surface area contributed by atoms with Crippen molar-refractivity contribution in [3.8, 4) is 0 Å². The summed E-state index contributed by atoms with van der Waals surface area (Å²) in [5.74, 6) is 0.0386. The van der Waals surface area contributed by atoms with E-state index in [9.17, 15) is 13.2 Å². The van der Waals surface area contributed by atoms with Crippen molar-refractivity contribution in [2.45, 2.75) is 17.1 Å². The number of halogens is 2. The Morgan fingerprint density at radius 3 is 2.41 bits per heavy atom. The lowest BCUT2D eigenvalue weighted by Gasteiger charge is -2.33. The fourth-order valence-electron chi connectivity index (χ4n) is 2.15. The van der Waals surface area contributed by atoms with Gasteiger partial charge in [0.1, 0.15) is 4.21 Å². The van der Waals surface area contributed by atoms with Gasteiger partial charge in [0.15, 0.2) is 0 Å². The molecule has 2 rings (SSSR count). The Morgan fingerprint density at radius 1 is 1.27 bits per heavy atom. The Bertz CT molecular complexity index is 599. The molecule has 22 heavy (non-hydrogen) atoms. The van der Waals surface area contributed by atoms with E-state index in [0.717, 1.165) is 11.3 Å². The minimum Gasteiger partial charge on any atom is -0.340 e. The molecule has 1 amide bonds. The molecule has 1 aromatic heterocycles. The fraction of sp³-hybridized carbons (Fsp3) is 0.583. The molecule has 2 N–H and O–H groups in total. The summed E-state index contributed by atoms with van der Waals surface area (Å²) in [4.78, 5) is 13.6. The number of nitrogens with two attached hydrogens (primary N) is 1. The Hall–Kier alpha value is -0.380. The van der Waals surface area contributed by atoms with E-state index in [2.05, 4.69) is 0 Å². The number of hydrogen-bond donors (Lipinski definition) is 1. The molecule has 0 saturated carbocycles. The summed E-state index contributed by atoms with van der Waals surface area (Å²) in [5, 5.41) is 0. The van der Waals surface area contributed by atoms with E-state index in [1.807, 2.05) is 0 Å². The van der Waals surface area contributed by atoms with Crippen molar-refractivity contribution in [2.24, 2.45) is 5.73 Å². The van der Waals surface area contributed by atoms with E-state index in [-0.39, 0.29) is 22.5 Å². The Morgan fingerprint density at radius 2 is 1.91 bits per heavy atom. The number of piperazine rings is 1. The SMILES string of the molecule is Cl.NCCCC(=O)N1CCN(S(=O)(=O)c2ccc(Cl)s2)CC1. The first kappa shape index (κ1) is 19.7. The molecule has 10 heteroatoms. The van der Waals surface area contributed by atoms with Crippen LogP contribution < -0.4 is 5.73 Å². The summed E-state index contributed by atoms with van der Waals surface area (Å²) in [7, 11) is -3.50. The highest BCUT2D eigenvalue weighted by Gasteiger charge is 2.30. The van der Waals surface area contributed by atoms with E-state index in [0.29, 0.717) is 49.9 Å². The first-order chi connectivity index (χ1) is 9.95. The molecule has 0 unspecified atom stereocenters. The molecule has 1 aliphatic rings. The Labute approximate surface area is 145 Å². The van der Waals surface area contributed by atoms with Crippen LogP contribution in [-0.4, -0.2) is 56.3 Å². The van der Waals surface area contributed by atoms with Gasteiger partial charge in [-0.3, -0.25) is 4.79 Å². The maximum absolute atomic E-state index is 12.4. The first-order valence-corrected chi connectivity index (χ1v) is 9.32. The molecular formula is C12H19Cl2N3O3S2. The van der Waals surface area contributed by atoms with Gasteiger partial charge in [-0.2, -0.15) is 4.31 Å². The van der Waals surface area contributed by atoms with Crippen LogP contribution in [0.2, 0.25) is 4.34 Å². The molecule has 1 saturated heterocycles. The van der Waals surface area contributed by atoms with Gasteiger partial charge in [0, 0.05) is 32.6 Å². The number of carbonyl (C=O) groups is 1. The molecule has 0 aliphatic carbocycles. The van der Waals surface area contributed by atoms with Crippen LogP contribution in [0, 0.1) is 0 Å². The first-order valence-electron chi connectivity index (χ1n) is 6.68. The summed E-state index contributed by atoms with van der Waals surface area (Å²) in [6.45, 7) is 1.95. The van der Waals surface area contributed by atoms with Gasteiger partial charge in [-0.1, -0.05) is 11.6 Å². The number of nitrogens with zero attached hydrogens (tertiary/aromatic N) is 2. The third-order valence-electron chi connectivity index (χ3n) is 3.33. The predicted molar refractivity (Wildman–Crippen MR) is 90.2 cm³/mol. The van der Waals surface area contributed by atoms with E-state index in [4.69, 9.17) is 17.3 Å². The molecule has 6 nitrogen and oxygen atoms in total. The van der Waals surface area contributed by atoms with E-state index >= 15 is 0 Å². The van der Waals surface area contributed by atoms with Gasteiger partial charge in [-0.25, -0.2) is 8.42 Å². The van der Waals surface area contributed by atoms with Crippen molar-refractivity contribution in [2.75, 3.05) is 32.7 Å². The second-order valence-corrected chi connectivity index (χ2v) is 8.62. The number of thiophene rings is 1. The monoisotopic (exact) mass is 387 g/mol. The van der Waals surface area contributed by atoms with Crippen LogP contribution in [0.15, 0.2) is 16.3 Å². The summed E-state index contributed by atoms with van der Waals surface area (Å²) in [6.07, 6.45) is 1.08. The van der Waals surface area contributed by atoms with E-state index < -0.39 is 10.0 Å².